The van der Waals surface area contributed by atoms with Crippen molar-refractivity contribution >= 4 is 35.2 Å². The monoisotopic (exact) mass is 406 g/mol. The first-order valence-corrected chi connectivity index (χ1v) is 8.61. The first-order chi connectivity index (χ1) is 12.9. The van der Waals surface area contributed by atoms with E-state index < -0.39 is 12.1 Å². The summed E-state index contributed by atoms with van der Waals surface area (Å²) in [7, 11) is 0. The van der Waals surface area contributed by atoms with Crippen LogP contribution in [0.1, 0.15) is 24.5 Å². The van der Waals surface area contributed by atoms with Crippen LogP contribution in [0, 0.1) is 5.82 Å². The molecule has 0 spiro atoms. The van der Waals surface area contributed by atoms with E-state index in [0.29, 0.717) is 21.2 Å². The van der Waals surface area contributed by atoms with E-state index in [1.54, 1.807) is 25.1 Å². The Labute approximate surface area is 164 Å². The average molecular weight is 407 g/mol. The van der Waals surface area contributed by atoms with Crippen molar-refractivity contribution in [3.8, 4) is 11.5 Å². The molecule has 8 heteroatoms. The second kappa shape index (κ2) is 8.33. The number of aromatic nitrogens is 2. The number of esters is 1. The summed E-state index contributed by atoms with van der Waals surface area (Å²) in [6.45, 7) is 1.59. The molecule has 0 amide bonds. The fraction of sp³-hybridized carbons (Fsp3) is 0.105. The van der Waals surface area contributed by atoms with Gasteiger partial charge in [-0.2, -0.15) is 0 Å². The predicted molar refractivity (Wildman–Crippen MR) is 99.7 cm³/mol. The molecule has 1 heterocycles. The van der Waals surface area contributed by atoms with Crippen LogP contribution in [0.4, 0.5) is 4.39 Å². The molecule has 1 atom stereocenters. The molecule has 1 aromatic heterocycles. The molecule has 0 saturated carbocycles. The number of carbonyl (C=O) groups is 1. The standard InChI is InChI=1S/C19H13Cl2FN2O3/c1-11(18-23-24-19(27-18)12-5-7-13(22)8-6-12)26-17(25)10-9-14-15(20)3-2-4-16(14)21/h2-11H,1H3/b10-9+/t11-/m1/s1. The van der Waals surface area contributed by atoms with Gasteiger partial charge in [-0.3, -0.25) is 0 Å². The van der Waals surface area contributed by atoms with E-state index in [-0.39, 0.29) is 17.6 Å². The lowest BCUT2D eigenvalue weighted by molar-refractivity contribution is -0.143. The highest BCUT2D eigenvalue weighted by molar-refractivity contribution is 6.37. The Morgan fingerprint density at radius 2 is 1.81 bits per heavy atom. The van der Waals surface area contributed by atoms with Crippen LogP contribution in [0.15, 0.2) is 53.0 Å². The maximum atomic E-state index is 13.0. The zero-order valence-electron chi connectivity index (χ0n) is 14.0. The molecule has 3 aromatic rings. The molecule has 3 rings (SSSR count). The molecule has 0 aliphatic rings. The van der Waals surface area contributed by atoms with Gasteiger partial charge in [0, 0.05) is 27.2 Å². The summed E-state index contributed by atoms with van der Waals surface area (Å²) in [5, 5.41) is 8.57. The van der Waals surface area contributed by atoms with Crippen molar-refractivity contribution in [2.24, 2.45) is 0 Å². The zero-order chi connectivity index (χ0) is 19.4. The summed E-state index contributed by atoms with van der Waals surface area (Å²) < 4.78 is 23.7. The van der Waals surface area contributed by atoms with Crippen molar-refractivity contribution in [1.29, 1.82) is 0 Å². The predicted octanol–water partition coefficient (Wildman–Crippen LogP) is 5.50. The third-order valence-corrected chi connectivity index (χ3v) is 4.22. The first kappa shape index (κ1) is 19.1. The lowest BCUT2D eigenvalue weighted by atomic mass is 10.2. The van der Waals surface area contributed by atoms with Gasteiger partial charge < -0.3 is 9.15 Å². The summed E-state index contributed by atoms with van der Waals surface area (Å²) in [6.07, 6.45) is 1.91. The van der Waals surface area contributed by atoms with Gasteiger partial charge in [-0.05, 0) is 49.4 Å². The molecule has 138 valence electrons. The maximum Gasteiger partial charge on any atom is 0.331 e. The number of hydrogen-bond donors (Lipinski definition) is 0. The van der Waals surface area contributed by atoms with Crippen LogP contribution in [0.3, 0.4) is 0 Å². The number of carbonyl (C=O) groups excluding carboxylic acids is 1. The van der Waals surface area contributed by atoms with Gasteiger partial charge >= 0.3 is 5.97 Å². The van der Waals surface area contributed by atoms with Gasteiger partial charge in [0.05, 0.1) is 0 Å². The average Bonchev–Trinajstić information content (AvgIpc) is 3.12. The highest BCUT2D eigenvalue weighted by Gasteiger charge is 2.18. The molecule has 0 aliphatic carbocycles. The molecule has 0 radical (unpaired) electrons. The van der Waals surface area contributed by atoms with Gasteiger partial charge in [-0.1, -0.05) is 29.3 Å². The Hall–Kier alpha value is -2.70. The van der Waals surface area contributed by atoms with Crippen molar-refractivity contribution < 1.29 is 18.3 Å². The second-order valence-corrected chi connectivity index (χ2v) is 6.31. The third-order valence-electron chi connectivity index (χ3n) is 3.56. The number of halogens is 3. The van der Waals surface area contributed by atoms with Gasteiger partial charge in [0.25, 0.3) is 5.89 Å². The zero-order valence-corrected chi connectivity index (χ0v) is 15.5. The van der Waals surface area contributed by atoms with E-state index in [4.69, 9.17) is 32.4 Å². The van der Waals surface area contributed by atoms with Crippen LogP contribution in [0.5, 0.6) is 0 Å². The normalized spacial score (nSPS) is 12.3. The van der Waals surface area contributed by atoms with Crippen molar-refractivity contribution in [1.82, 2.24) is 10.2 Å². The number of ether oxygens (including phenoxy) is 1. The van der Waals surface area contributed by atoms with Crippen LogP contribution in [-0.4, -0.2) is 16.2 Å². The molecule has 5 nitrogen and oxygen atoms in total. The Morgan fingerprint density at radius 1 is 1.15 bits per heavy atom. The molecular weight excluding hydrogens is 394 g/mol. The number of rotatable bonds is 5. The van der Waals surface area contributed by atoms with Gasteiger partial charge in [0.1, 0.15) is 5.82 Å². The summed E-state index contributed by atoms with van der Waals surface area (Å²) in [5.74, 6) is -0.677. The minimum atomic E-state index is -0.773. The summed E-state index contributed by atoms with van der Waals surface area (Å²) in [5.41, 5.74) is 1.07. The lowest BCUT2D eigenvalue weighted by Crippen LogP contribution is -2.06. The summed E-state index contributed by atoms with van der Waals surface area (Å²) >= 11 is 12.1. The number of benzene rings is 2. The van der Waals surface area contributed by atoms with E-state index >= 15 is 0 Å². The molecule has 0 N–H and O–H groups in total. The Kier molecular flexibility index (Phi) is 5.88. The molecule has 0 saturated heterocycles. The Morgan fingerprint density at radius 3 is 2.48 bits per heavy atom. The quantitative estimate of drug-likeness (QED) is 0.413. The number of nitrogens with zero attached hydrogens (tertiary/aromatic N) is 2. The van der Waals surface area contributed by atoms with Crippen molar-refractivity contribution in [2.75, 3.05) is 0 Å². The third kappa shape index (κ3) is 4.72. The Bertz CT molecular complexity index is 967. The van der Waals surface area contributed by atoms with Crippen LogP contribution in [-0.2, 0) is 9.53 Å². The largest absolute Gasteiger partial charge is 0.449 e. The van der Waals surface area contributed by atoms with Crippen molar-refractivity contribution in [2.45, 2.75) is 13.0 Å². The van der Waals surface area contributed by atoms with Gasteiger partial charge in [0.15, 0.2) is 6.10 Å². The molecule has 0 fully saturated rings. The molecule has 0 unspecified atom stereocenters. The fourth-order valence-corrected chi connectivity index (χ4v) is 2.72. The van der Waals surface area contributed by atoms with Crippen LogP contribution < -0.4 is 0 Å². The van der Waals surface area contributed by atoms with E-state index in [0.717, 1.165) is 0 Å². The summed E-state index contributed by atoms with van der Waals surface area (Å²) in [6, 6.07) is 10.6. The number of hydrogen-bond acceptors (Lipinski definition) is 5. The van der Waals surface area contributed by atoms with Crippen molar-refractivity contribution in [3.63, 3.8) is 0 Å². The van der Waals surface area contributed by atoms with E-state index in [1.807, 2.05) is 0 Å². The minimum Gasteiger partial charge on any atom is -0.449 e. The smallest absolute Gasteiger partial charge is 0.331 e. The van der Waals surface area contributed by atoms with Crippen molar-refractivity contribution in [3.05, 3.63) is 75.9 Å². The van der Waals surface area contributed by atoms with Crippen LogP contribution in [0.2, 0.25) is 10.0 Å². The van der Waals surface area contributed by atoms with Gasteiger partial charge in [0.2, 0.25) is 5.89 Å². The van der Waals surface area contributed by atoms with E-state index in [2.05, 4.69) is 10.2 Å². The topological polar surface area (TPSA) is 65.2 Å². The highest BCUT2D eigenvalue weighted by atomic mass is 35.5. The first-order valence-electron chi connectivity index (χ1n) is 7.86. The highest BCUT2D eigenvalue weighted by Crippen LogP contribution is 2.26. The molecule has 0 bridgehead atoms. The molecule has 2 aromatic carbocycles. The summed E-state index contributed by atoms with van der Waals surface area (Å²) in [4.78, 5) is 12.0. The van der Waals surface area contributed by atoms with E-state index in [9.17, 15) is 9.18 Å². The molecular formula is C19H13Cl2FN2O3. The second-order valence-electron chi connectivity index (χ2n) is 5.50. The van der Waals surface area contributed by atoms with Crippen LogP contribution >= 0.6 is 23.2 Å². The molecule has 0 aliphatic heterocycles. The SMILES string of the molecule is C[C@@H](OC(=O)/C=C/c1c(Cl)cccc1Cl)c1nnc(-c2ccc(F)cc2)o1. The van der Waals surface area contributed by atoms with Gasteiger partial charge in [-0.25, -0.2) is 9.18 Å². The lowest BCUT2D eigenvalue weighted by Gasteiger charge is -2.07. The Balaban J connectivity index is 1.66. The maximum absolute atomic E-state index is 13.0. The van der Waals surface area contributed by atoms with Crippen LogP contribution in [0.25, 0.3) is 17.5 Å². The van der Waals surface area contributed by atoms with E-state index in [1.165, 1.54) is 36.4 Å². The fourth-order valence-electron chi connectivity index (χ4n) is 2.19. The minimum absolute atomic E-state index is 0.117. The molecule has 27 heavy (non-hydrogen) atoms. The van der Waals surface area contributed by atoms with Gasteiger partial charge in [-0.15, -0.1) is 10.2 Å².